The fraction of sp³-hybridized carbons (Fsp3) is 0.133. The zero-order chi connectivity index (χ0) is 13.0. The Balaban J connectivity index is 2.36. The number of phenolic OH excluding ortho intramolecular Hbond substituents is 1. The predicted octanol–water partition coefficient (Wildman–Crippen LogP) is 2.96. The Morgan fingerprint density at radius 3 is 2.28 bits per heavy atom. The lowest BCUT2D eigenvalue weighted by Gasteiger charge is -2.15. The van der Waals surface area contributed by atoms with E-state index in [2.05, 4.69) is 0 Å². The van der Waals surface area contributed by atoms with E-state index in [-0.39, 0.29) is 11.5 Å². The van der Waals surface area contributed by atoms with Crippen LogP contribution in [0.3, 0.4) is 0 Å². The second-order valence-corrected chi connectivity index (χ2v) is 3.90. The Bertz CT molecular complexity index is 534. The normalized spacial score (nSPS) is 12.1. The molecule has 0 saturated heterocycles. The molecule has 0 fully saturated rings. The SMILES string of the molecule is COC(C(=O)c1ccccc1)c1ccccc1O. The molecule has 0 bridgehead atoms. The molecule has 0 aromatic heterocycles. The van der Waals surface area contributed by atoms with Gasteiger partial charge in [0.15, 0.2) is 5.78 Å². The summed E-state index contributed by atoms with van der Waals surface area (Å²) < 4.78 is 5.22. The van der Waals surface area contributed by atoms with Crippen molar-refractivity contribution in [1.82, 2.24) is 0 Å². The van der Waals surface area contributed by atoms with Crippen LogP contribution in [0.15, 0.2) is 54.6 Å². The smallest absolute Gasteiger partial charge is 0.196 e. The van der Waals surface area contributed by atoms with E-state index in [0.29, 0.717) is 11.1 Å². The number of para-hydroxylation sites is 1. The van der Waals surface area contributed by atoms with Gasteiger partial charge in [0.05, 0.1) is 0 Å². The second-order valence-electron chi connectivity index (χ2n) is 3.90. The van der Waals surface area contributed by atoms with Crippen LogP contribution >= 0.6 is 0 Å². The maximum atomic E-state index is 12.3. The number of rotatable bonds is 4. The van der Waals surface area contributed by atoms with Crippen molar-refractivity contribution >= 4 is 5.78 Å². The van der Waals surface area contributed by atoms with Crippen LogP contribution in [-0.2, 0) is 4.74 Å². The highest BCUT2D eigenvalue weighted by Gasteiger charge is 2.23. The van der Waals surface area contributed by atoms with Gasteiger partial charge in [-0.2, -0.15) is 0 Å². The number of carbonyl (C=O) groups excluding carboxylic acids is 1. The highest BCUT2D eigenvalue weighted by Crippen LogP contribution is 2.28. The van der Waals surface area contributed by atoms with Crippen molar-refractivity contribution in [2.75, 3.05) is 7.11 Å². The van der Waals surface area contributed by atoms with Gasteiger partial charge in [-0.05, 0) is 6.07 Å². The van der Waals surface area contributed by atoms with E-state index in [4.69, 9.17) is 4.74 Å². The lowest BCUT2D eigenvalue weighted by molar-refractivity contribution is 0.0597. The van der Waals surface area contributed by atoms with Gasteiger partial charge in [-0.25, -0.2) is 0 Å². The lowest BCUT2D eigenvalue weighted by Crippen LogP contribution is -2.15. The molecular weight excluding hydrogens is 228 g/mol. The van der Waals surface area contributed by atoms with E-state index in [1.165, 1.54) is 7.11 Å². The number of carbonyl (C=O) groups is 1. The number of methoxy groups -OCH3 is 1. The molecule has 0 aliphatic rings. The third kappa shape index (κ3) is 2.41. The topological polar surface area (TPSA) is 46.5 Å². The summed E-state index contributed by atoms with van der Waals surface area (Å²) in [6, 6.07) is 15.6. The lowest BCUT2D eigenvalue weighted by atomic mass is 9.99. The molecule has 2 rings (SSSR count). The van der Waals surface area contributed by atoms with Gasteiger partial charge in [0, 0.05) is 18.2 Å². The van der Waals surface area contributed by atoms with E-state index in [1.54, 1.807) is 48.5 Å². The number of ketones is 1. The summed E-state index contributed by atoms with van der Waals surface area (Å²) in [6.45, 7) is 0. The zero-order valence-corrected chi connectivity index (χ0v) is 10.0. The van der Waals surface area contributed by atoms with Crippen molar-refractivity contribution < 1.29 is 14.6 Å². The van der Waals surface area contributed by atoms with Gasteiger partial charge in [0.25, 0.3) is 0 Å². The number of ether oxygens (including phenoxy) is 1. The summed E-state index contributed by atoms with van der Waals surface area (Å²) in [5.74, 6) is -0.103. The van der Waals surface area contributed by atoms with Crippen LogP contribution in [0.4, 0.5) is 0 Å². The van der Waals surface area contributed by atoms with Crippen LogP contribution in [-0.4, -0.2) is 18.0 Å². The summed E-state index contributed by atoms with van der Waals surface area (Å²) in [5.41, 5.74) is 1.04. The van der Waals surface area contributed by atoms with E-state index >= 15 is 0 Å². The Labute approximate surface area is 106 Å². The molecule has 0 aliphatic heterocycles. The van der Waals surface area contributed by atoms with Gasteiger partial charge >= 0.3 is 0 Å². The minimum Gasteiger partial charge on any atom is -0.508 e. The Morgan fingerprint density at radius 1 is 1.06 bits per heavy atom. The zero-order valence-electron chi connectivity index (χ0n) is 10.0. The molecule has 3 heteroatoms. The van der Waals surface area contributed by atoms with Gasteiger partial charge < -0.3 is 9.84 Å². The van der Waals surface area contributed by atoms with Crippen LogP contribution in [0.2, 0.25) is 0 Å². The van der Waals surface area contributed by atoms with Crippen molar-refractivity contribution in [2.45, 2.75) is 6.10 Å². The van der Waals surface area contributed by atoms with Crippen molar-refractivity contribution in [3.63, 3.8) is 0 Å². The standard InChI is InChI=1S/C15H14O3/c1-18-15(12-9-5-6-10-13(12)16)14(17)11-7-3-2-4-8-11/h2-10,15-16H,1H3. The van der Waals surface area contributed by atoms with Crippen molar-refractivity contribution in [2.24, 2.45) is 0 Å². The first-order chi connectivity index (χ1) is 8.74. The minimum absolute atomic E-state index is 0.0635. The molecule has 1 atom stereocenters. The summed E-state index contributed by atoms with van der Waals surface area (Å²) >= 11 is 0. The van der Waals surface area contributed by atoms with E-state index in [1.807, 2.05) is 6.07 Å². The average molecular weight is 242 g/mol. The molecule has 0 aliphatic carbocycles. The third-order valence-electron chi connectivity index (χ3n) is 2.75. The van der Waals surface area contributed by atoms with Gasteiger partial charge in [-0.1, -0.05) is 48.5 Å². The Kier molecular flexibility index (Phi) is 3.75. The minimum atomic E-state index is -0.784. The summed E-state index contributed by atoms with van der Waals surface area (Å²) in [4.78, 5) is 12.3. The van der Waals surface area contributed by atoms with E-state index in [9.17, 15) is 9.90 Å². The number of aromatic hydroxyl groups is 1. The monoisotopic (exact) mass is 242 g/mol. The number of phenols is 1. The molecule has 0 amide bonds. The Morgan fingerprint density at radius 2 is 1.67 bits per heavy atom. The number of Topliss-reactive ketones (excluding diaryl/α,β-unsaturated/α-hetero) is 1. The van der Waals surface area contributed by atoms with Crippen LogP contribution in [0, 0.1) is 0 Å². The highest BCUT2D eigenvalue weighted by molar-refractivity contribution is 6.00. The van der Waals surface area contributed by atoms with Crippen molar-refractivity contribution in [3.8, 4) is 5.75 Å². The van der Waals surface area contributed by atoms with Crippen molar-refractivity contribution in [3.05, 3.63) is 65.7 Å². The average Bonchev–Trinajstić information content (AvgIpc) is 2.42. The fourth-order valence-corrected chi connectivity index (χ4v) is 1.84. The Hall–Kier alpha value is -2.13. The number of hydrogen-bond donors (Lipinski definition) is 1. The van der Waals surface area contributed by atoms with E-state index < -0.39 is 6.10 Å². The van der Waals surface area contributed by atoms with Crippen LogP contribution in [0.5, 0.6) is 5.75 Å². The van der Waals surface area contributed by atoms with Gasteiger partial charge in [0.2, 0.25) is 0 Å². The summed E-state index contributed by atoms with van der Waals surface area (Å²) in [7, 11) is 1.46. The molecule has 2 aromatic carbocycles. The first kappa shape index (κ1) is 12.3. The quantitative estimate of drug-likeness (QED) is 0.838. The van der Waals surface area contributed by atoms with Crippen LogP contribution < -0.4 is 0 Å². The van der Waals surface area contributed by atoms with Crippen LogP contribution in [0.25, 0.3) is 0 Å². The molecular formula is C15H14O3. The third-order valence-corrected chi connectivity index (χ3v) is 2.75. The van der Waals surface area contributed by atoms with Gasteiger partial charge in [-0.15, -0.1) is 0 Å². The maximum absolute atomic E-state index is 12.3. The molecule has 92 valence electrons. The maximum Gasteiger partial charge on any atom is 0.196 e. The number of benzene rings is 2. The molecule has 0 spiro atoms. The molecule has 3 nitrogen and oxygen atoms in total. The van der Waals surface area contributed by atoms with E-state index in [0.717, 1.165) is 0 Å². The molecule has 0 radical (unpaired) electrons. The summed E-state index contributed by atoms with van der Waals surface area (Å²) in [6.07, 6.45) is -0.784. The van der Waals surface area contributed by atoms with Crippen molar-refractivity contribution in [1.29, 1.82) is 0 Å². The molecule has 18 heavy (non-hydrogen) atoms. The fourth-order valence-electron chi connectivity index (χ4n) is 1.84. The molecule has 0 heterocycles. The molecule has 2 aromatic rings. The first-order valence-corrected chi connectivity index (χ1v) is 5.64. The second kappa shape index (κ2) is 5.47. The van der Waals surface area contributed by atoms with Crippen LogP contribution in [0.1, 0.15) is 22.0 Å². The molecule has 1 unspecified atom stereocenters. The molecule has 0 saturated carbocycles. The number of hydrogen-bond acceptors (Lipinski definition) is 3. The van der Waals surface area contributed by atoms with Gasteiger partial charge in [0.1, 0.15) is 11.9 Å². The summed E-state index contributed by atoms with van der Waals surface area (Å²) in [5, 5.41) is 9.78. The predicted molar refractivity (Wildman–Crippen MR) is 68.6 cm³/mol. The van der Waals surface area contributed by atoms with Gasteiger partial charge in [-0.3, -0.25) is 4.79 Å². The largest absolute Gasteiger partial charge is 0.508 e. The highest BCUT2D eigenvalue weighted by atomic mass is 16.5. The molecule has 1 N–H and O–H groups in total. The first-order valence-electron chi connectivity index (χ1n) is 5.64.